The summed E-state index contributed by atoms with van der Waals surface area (Å²) in [7, 11) is 0. The molecule has 260 valence electrons. The largest absolute Gasteiger partial charge is 0.299 e. The Balaban J connectivity index is 1.07. The van der Waals surface area contributed by atoms with Crippen molar-refractivity contribution in [2.45, 2.75) is 19.3 Å². The highest BCUT2D eigenvalue weighted by molar-refractivity contribution is 6.54. The van der Waals surface area contributed by atoms with E-state index >= 15 is 0 Å². The van der Waals surface area contributed by atoms with Gasteiger partial charge in [0.25, 0.3) is 0 Å². The van der Waals surface area contributed by atoms with Gasteiger partial charge in [0, 0.05) is 44.2 Å². The summed E-state index contributed by atoms with van der Waals surface area (Å²) >= 11 is 0. The van der Waals surface area contributed by atoms with E-state index in [1.807, 2.05) is 84.9 Å². The first-order valence-corrected chi connectivity index (χ1v) is 18.4. The molecule has 0 saturated carbocycles. The van der Waals surface area contributed by atoms with Crippen LogP contribution in [-0.4, -0.2) is 31.4 Å². The molecule has 10 rings (SSSR count). The van der Waals surface area contributed by atoms with Crippen molar-refractivity contribution in [3.63, 3.8) is 0 Å². The summed E-state index contributed by atoms with van der Waals surface area (Å²) in [5.74, 6) is 1.68. The molecule has 2 N–H and O–H groups in total. The number of pyridine rings is 1. The molecule has 0 bridgehead atoms. The molecule has 0 amide bonds. The number of nitrogens with one attached hydrogen (secondary N) is 2. The molecular weight excluding hydrogens is 673 g/mol. The number of aromatic nitrogens is 4. The summed E-state index contributed by atoms with van der Waals surface area (Å²) in [5.41, 5.74) is 14.5. The van der Waals surface area contributed by atoms with E-state index in [4.69, 9.17) is 30.8 Å². The van der Waals surface area contributed by atoms with Gasteiger partial charge in [-0.1, -0.05) is 147 Å². The molecule has 6 aromatic carbocycles. The van der Waals surface area contributed by atoms with Crippen LogP contribution in [0, 0.1) is 10.8 Å². The minimum atomic E-state index is -0.0699. The predicted molar refractivity (Wildman–Crippen MR) is 223 cm³/mol. The van der Waals surface area contributed by atoms with Crippen LogP contribution < -0.4 is 0 Å². The second-order valence-corrected chi connectivity index (χ2v) is 14.6. The monoisotopic (exact) mass is 706 g/mol. The normalized spacial score (nSPS) is 13.8. The standard InChI is InChI=1S/C49H34N6/c1-49(2)39-16-10-9-15-35(39)36-23-21-33(27-40(36)49)29-17-19-32(20-18-29)47-53-46(31-13-7-4-8-14-31)54-48(55-47)34-22-24-37-42(28-34)52-45(30-11-5-3-6-12-30)38-25-26-41(50)44(51)43(37)38/h3-28,50-51H,1-2H3. The van der Waals surface area contributed by atoms with E-state index in [1.54, 1.807) is 6.08 Å². The van der Waals surface area contributed by atoms with Gasteiger partial charge in [-0.05, 0) is 57.7 Å². The first-order valence-electron chi connectivity index (χ1n) is 18.4. The molecule has 0 atom stereocenters. The van der Waals surface area contributed by atoms with Gasteiger partial charge in [0.2, 0.25) is 0 Å². The van der Waals surface area contributed by atoms with Gasteiger partial charge in [-0.2, -0.15) is 0 Å². The molecule has 0 fully saturated rings. The van der Waals surface area contributed by atoms with Crippen molar-refractivity contribution in [3.8, 4) is 67.7 Å². The number of fused-ring (bicyclic) bond motifs is 6. The Bertz CT molecular complexity index is 2910. The number of benzene rings is 6. The van der Waals surface area contributed by atoms with Gasteiger partial charge >= 0.3 is 0 Å². The van der Waals surface area contributed by atoms with Crippen molar-refractivity contribution in [2.75, 3.05) is 0 Å². The van der Waals surface area contributed by atoms with Crippen molar-refractivity contribution < 1.29 is 0 Å². The molecular formula is C49H34N6. The van der Waals surface area contributed by atoms with E-state index in [0.29, 0.717) is 28.6 Å². The third kappa shape index (κ3) is 5.33. The lowest BCUT2D eigenvalue weighted by atomic mass is 9.81. The molecule has 6 nitrogen and oxygen atoms in total. The molecule has 0 radical (unpaired) electrons. The number of rotatable bonds is 5. The van der Waals surface area contributed by atoms with Crippen molar-refractivity contribution in [1.82, 2.24) is 19.9 Å². The first-order chi connectivity index (χ1) is 26.8. The molecule has 0 spiro atoms. The van der Waals surface area contributed by atoms with Gasteiger partial charge in [-0.25, -0.2) is 19.9 Å². The van der Waals surface area contributed by atoms with E-state index in [2.05, 4.69) is 80.6 Å². The fraction of sp³-hybridized carbons (Fsp3) is 0.0612. The van der Waals surface area contributed by atoms with Crippen molar-refractivity contribution >= 4 is 28.4 Å². The molecule has 2 aliphatic carbocycles. The average Bonchev–Trinajstić information content (AvgIpc) is 3.47. The van der Waals surface area contributed by atoms with Gasteiger partial charge < -0.3 is 0 Å². The SMILES string of the molecule is CC1(C)c2ccccc2-c2ccc(-c3ccc(-c4nc(-c5ccccc5)nc(-c5ccc6c7c(c(-c8ccccc8)nc6c5)C=CC(=N)C7=N)n4)cc3)cc21. The zero-order valence-corrected chi connectivity index (χ0v) is 30.3. The van der Waals surface area contributed by atoms with Crippen LogP contribution in [0.4, 0.5) is 0 Å². The Morgan fingerprint density at radius 1 is 0.455 bits per heavy atom. The Morgan fingerprint density at radius 2 is 1.02 bits per heavy atom. The highest BCUT2D eigenvalue weighted by Gasteiger charge is 2.35. The van der Waals surface area contributed by atoms with Crippen LogP contribution in [-0.2, 0) is 5.41 Å². The van der Waals surface area contributed by atoms with Gasteiger partial charge in [0.1, 0.15) is 0 Å². The molecule has 8 aromatic rings. The van der Waals surface area contributed by atoms with Gasteiger partial charge in [0.15, 0.2) is 17.5 Å². The summed E-state index contributed by atoms with van der Waals surface area (Å²) in [6.45, 7) is 4.62. The van der Waals surface area contributed by atoms with E-state index in [9.17, 15) is 0 Å². The predicted octanol–water partition coefficient (Wildman–Crippen LogP) is 11.5. The average molecular weight is 707 g/mol. The van der Waals surface area contributed by atoms with Crippen LogP contribution in [0.15, 0.2) is 152 Å². The lowest BCUT2D eigenvalue weighted by molar-refractivity contribution is 0.660. The summed E-state index contributed by atoms with van der Waals surface area (Å²) in [6, 6.07) is 49.9. The number of nitrogens with zero attached hydrogens (tertiary/aromatic N) is 4. The van der Waals surface area contributed by atoms with Crippen molar-refractivity contribution in [2.24, 2.45) is 0 Å². The van der Waals surface area contributed by atoms with Gasteiger partial charge in [0.05, 0.1) is 22.6 Å². The quantitative estimate of drug-likeness (QED) is 0.186. The lowest BCUT2D eigenvalue weighted by Gasteiger charge is -2.22. The molecule has 2 aromatic heterocycles. The maximum atomic E-state index is 8.89. The Morgan fingerprint density at radius 3 is 1.75 bits per heavy atom. The van der Waals surface area contributed by atoms with E-state index in [1.165, 1.54) is 27.8 Å². The van der Waals surface area contributed by atoms with Crippen LogP contribution >= 0.6 is 0 Å². The minimum Gasteiger partial charge on any atom is -0.299 e. The fourth-order valence-corrected chi connectivity index (χ4v) is 8.10. The Labute approximate surface area is 319 Å². The summed E-state index contributed by atoms with van der Waals surface area (Å²) in [6.07, 6.45) is 3.58. The minimum absolute atomic E-state index is 0.0699. The molecule has 0 aliphatic heterocycles. The highest BCUT2D eigenvalue weighted by atomic mass is 15.0. The zero-order valence-electron chi connectivity index (χ0n) is 30.3. The zero-order chi connectivity index (χ0) is 37.3. The number of hydrogen-bond donors (Lipinski definition) is 2. The van der Waals surface area contributed by atoms with Crippen LogP contribution in [0.5, 0.6) is 0 Å². The number of hydrogen-bond acceptors (Lipinski definition) is 6. The van der Waals surface area contributed by atoms with Gasteiger partial charge in [-0.3, -0.25) is 10.8 Å². The van der Waals surface area contributed by atoms with Crippen molar-refractivity contribution in [1.29, 1.82) is 10.8 Å². The molecule has 0 unspecified atom stereocenters. The van der Waals surface area contributed by atoms with Crippen molar-refractivity contribution in [3.05, 3.63) is 174 Å². The van der Waals surface area contributed by atoms with Crippen LogP contribution in [0.25, 0.3) is 84.7 Å². The fourth-order valence-electron chi connectivity index (χ4n) is 8.10. The molecule has 55 heavy (non-hydrogen) atoms. The maximum Gasteiger partial charge on any atom is 0.164 e. The third-order valence-corrected chi connectivity index (χ3v) is 11.0. The second-order valence-electron chi connectivity index (χ2n) is 14.6. The van der Waals surface area contributed by atoms with Gasteiger partial charge in [-0.15, -0.1) is 0 Å². The highest BCUT2D eigenvalue weighted by Crippen LogP contribution is 2.49. The number of allylic oxidation sites excluding steroid dienone is 1. The molecule has 6 heteroatoms. The lowest BCUT2D eigenvalue weighted by Crippen LogP contribution is -2.17. The molecule has 2 heterocycles. The Hall–Kier alpha value is -7.18. The summed E-state index contributed by atoms with van der Waals surface area (Å²) in [4.78, 5) is 20.2. The van der Waals surface area contributed by atoms with E-state index in [0.717, 1.165) is 44.5 Å². The summed E-state index contributed by atoms with van der Waals surface area (Å²) < 4.78 is 0. The van der Waals surface area contributed by atoms with Crippen LogP contribution in [0.3, 0.4) is 0 Å². The molecule has 0 saturated heterocycles. The van der Waals surface area contributed by atoms with Crippen LogP contribution in [0.2, 0.25) is 0 Å². The Kier molecular flexibility index (Phi) is 7.36. The second kappa shape index (κ2) is 12.5. The summed E-state index contributed by atoms with van der Waals surface area (Å²) in [5, 5.41) is 18.1. The smallest absolute Gasteiger partial charge is 0.164 e. The maximum absolute atomic E-state index is 8.89. The third-order valence-electron chi connectivity index (χ3n) is 11.0. The van der Waals surface area contributed by atoms with Crippen LogP contribution in [0.1, 0.15) is 36.1 Å². The van der Waals surface area contributed by atoms with E-state index in [-0.39, 0.29) is 16.8 Å². The topological polar surface area (TPSA) is 99.3 Å². The molecule has 2 aliphatic rings. The van der Waals surface area contributed by atoms with E-state index < -0.39 is 0 Å². The first kappa shape index (κ1) is 32.5.